The number of carbonyl (C=O) groups is 1. The molecule has 3 atom stereocenters. The van der Waals surface area contributed by atoms with Gasteiger partial charge in [-0.2, -0.15) is 0 Å². The van der Waals surface area contributed by atoms with Gasteiger partial charge in [-0.25, -0.2) is 9.97 Å². The number of aromatic hydroxyl groups is 1. The molecule has 2 aromatic rings. The van der Waals surface area contributed by atoms with Crippen LogP contribution in [0, 0.1) is 11.8 Å². The molecule has 0 bridgehead atoms. The lowest BCUT2D eigenvalue weighted by Gasteiger charge is -2.21. The highest BCUT2D eigenvalue weighted by Gasteiger charge is 2.21. The topological polar surface area (TPSA) is 75.1 Å². The molecule has 7 heteroatoms. The Morgan fingerprint density at radius 3 is 2.50 bits per heavy atom. The minimum Gasteiger partial charge on any atom is -0.504 e. The molecule has 0 saturated carbocycles. The van der Waals surface area contributed by atoms with Gasteiger partial charge in [-0.05, 0) is 55.4 Å². The summed E-state index contributed by atoms with van der Waals surface area (Å²) in [5.74, 6) is 0.966. The Bertz CT molecular complexity index is 1080. The summed E-state index contributed by atoms with van der Waals surface area (Å²) in [6.07, 6.45) is 8.76. The van der Waals surface area contributed by atoms with E-state index in [4.69, 9.17) is 11.6 Å². The fourth-order valence-electron chi connectivity index (χ4n) is 3.70. The molecule has 0 spiro atoms. The van der Waals surface area contributed by atoms with Gasteiger partial charge in [0.15, 0.2) is 11.5 Å². The number of anilines is 2. The van der Waals surface area contributed by atoms with Crippen LogP contribution in [0.4, 0.5) is 11.5 Å². The number of halogens is 1. The van der Waals surface area contributed by atoms with Crippen LogP contribution in [0.2, 0.25) is 5.15 Å². The number of pyridine rings is 2. The zero-order valence-corrected chi connectivity index (χ0v) is 23.0. The van der Waals surface area contributed by atoms with Crippen molar-refractivity contribution in [3.05, 3.63) is 52.5 Å². The monoisotopic (exact) mass is 501 g/mol. The lowest BCUT2D eigenvalue weighted by molar-refractivity contribution is -0.118. The van der Waals surface area contributed by atoms with E-state index in [1.807, 2.05) is 13.0 Å². The van der Waals surface area contributed by atoms with Crippen LogP contribution in [0.5, 0.6) is 5.75 Å². The van der Waals surface area contributed by atoms with Gasteiger partial charge in [0, 0.05) is 29.1 Å². The van der Waals surface area contributed by atoms with Gasteiger partial charge in [0.25, 0.3) is 0 Å². The third-order valence-corrected chi connectivity index (χ3v) is 7.05. The molecule has 2 N–H and O–H groups in total. The lowest BCUT2D eigenvalue weighted by atomic mass is 9.86. The molecule has 0 aromatic carbocycles. The number of nitrogens with one attached hydrogen (secondary N) is 1. The smallest absolute Gasteiger partial charge is 0.165 e. The molecule has 0 saturated heterocycles. The van der Waals surface area contributed by atoms with Gasteiger partial charge in [-0.1, -0.05) is 58.2 Å². The molecular formula is C27H37ClN3O2P. The minimum absolute atomic E-state index is 0.0155. The van der Waals surface area contributed by atoms with Crippen molar-refractivity contribution in [2.45, 2.75) is 67.2 Å². The van der Waals surface area contributed by atoms with Gasteiger partial charge in [-0.15, -0.1) is 9.24 Å². The molecule has 2 heterocycles. The number of hydrogen-bond donors (Lipinski definition) is 2. The predicted octanol–water partition coefficient (Wildman–Crippen LogP) is 7.24. The average molecular weight is 502 g/mol. The summed E-state index contributed by atoms with van der Waals surface area (Å²) in [5, 5.41) is 14.5. The number of allylic oxidation sites excluding steroid dienone is 4. The maximum atomic E-state index is 13.4. The summed E-state index contributed by atoms with van der Waals surface area (Å²) in [7, 11) is 2.76. The highest BCUT2D eigenvalue weighted by atomic mass is 35.5. The largest absolute Gasteiger partial charge is 0.504 e. The molecule has 5 nitrogen and oxygen atoms in total. The summed E-state index contributed by atoms with van der Waals surface area (Å²) in [6.45, 7) is 12.6. The maximum Gasteiger partial charge on any atom is 0.165 e. The van der Waals surface area contributed by atoms with E-state index in [1.54, 1.807) is 12.3 Å². The fourth-order valence-corrected chi connectivity index (χ4v) is 4.27. The molecule has 0 aliphatic heterocycles. The molecule has 2 aromatic heterocycles. The van der Waals surface area contributed by atoms with Crippen LogP contribution in [0.3, 0.4) is 0 Å². The fraction of sp³-hybridized carbons (Fsp3) is 0.444. The van der Waals surface area contributed by atoms with Gasteiger partial charge in [0.2, 0.25) is 0 Å². The van der Waals surface area contributed by atoms with Crippen LogP contribution >= 0.6 is 20.8 Å². The van der Waals surface area contributed by atoms with E-state index in [0.29, 0.717) is 11.5 Å². The highest BCUT2D eigenvalue weighted by molar-refractivity contribution is 7.28. The third kappa shape index (κ3) is 6.90. The number of rotatable bonds is 11. The molecule has 2 rings (SSSR count). The van der Waals surface area contributed by atoms with Crippen LogP contribution in [0.25, 0.3) is 5.57 Å². The Morgan fingerprint density at radius 2 is 1.88 bits per heavy atom. The number of Topliss-reactive ketones (excluding diaryl/α,β-unsaturated/α-hetero) is 1. The molecule has 34 heavy (non-hydrogen) atoms. The van der Waals surface area contributed by atoms with Crippen molar-refractivity contribution in [2.75, 3.05) is 5.32 Å². The number of carbonyl (C=O) groups excluding carboxylic acids is 1. The van der Waals surface area contributed by atoms with Crippen LogP contribution < -0.4 is 10.6 Å². The van der Waals surface area contributed by atoms with Crippen molar-refractivity contribution in [3.63, 3.8) is 0 Å². The first kappa shape index (κ1) is 28.0. The second-order valence-corrected chi connectivity index (χ2v) is 9.76. The predicted molar refractivity (Wildman–Crippen MR) is 147 cm³/mol. The number of aromatic nitrogens is 2. The molecular weight excluding hydrogens is 465 g/mol. The second kappa shape index (κ2) is 13.0. The second-order valence-electron chi connectivity index (χ2n) is 8.80. The maximum absolute atomic E-state index is 13.4. The van der Waals surface area contributed by atoms with Gasteiger partial charge >= 0.3 is 0 Å². The number of nitrogens with zero attached hydrogens (tertiary/aromatic N) is 2. The first-order valence-corrected chi connectivity index (χ1v) is 12.9. The van der Waals surface area contributed by atoms with Gasteiger partial charge in [0.1, 0.15) is 11.0 Å². The lowest BCUT2D eigenvalue weighted by Crippen LogP contribution is -2.16. The van der Waals surface area contributed by atoms with E-state index in [0.717, 1.165) is 53.3 Å². The molecule has 3 unspecified atom stereocenters. The van der Waals surface area contributed by atoms with Gasteiger partial charge in [0.05, 0.1) is 11.9 Å². The summed E-state index contributed by atoms with van der Waals surface area (Å²) >= 11 is 6.01. The van der Waals surface area contributed by atoms with Crippen molar-refractivity contribution in [1.29, 1.82) is 0 Å². The normalized spacial score (nSPS) is 14.4. The van der Waals surface area contributed by atoms with Crippen molar-refractivity contribution in [2.24, 2.45) is 11.8 Å². The van der Waals surface area contributed by atoms with E-state index >= 15 is 0 Å². The van der Waals surface area contributed by atoms with Crippen LogP contribution in [0.1, 0.15) is 72.8 Å². The summed E-state index contributed by atoms with van der Waals surface area (Å²) < 4.78 is 0. The molecule has 0 fully saturated rings. The minimum atomic E-state index is -0.0270. The highest BCUT2D eigenvalue weighted by Crippen LogP contribution is 2.32. The van der Waals surface area contributed by atoms with Crippen molar-refractivity contribution in [1.82, 2.24) is 9.97 Å². The quantitative estimate of drug-likeness (QED) is 0.147. The van der Waals surface area contributed by atoms with Crippen molar-refractivity contribution in [3.8, 4) is 5.75 Å². The summed E-state index contributed by atoms with van der Waals surface area (Å²) in [6, 6.07) is 3.53. The Hall–Kier alpha value is -2.23. The molecule has 184 valence electrons. The van der Waals surface area contributed by atoms with Crippen molar-refractivity contribution >= 4 is 49.0 Å². The van der Waals surface area contributed by atoms with E-state index in [9.17, 15) is 9.90 Å². The number of ketones is 1. The molecule has 0 aliphatic rings. The van der Waals surface area contributed by atoms with Crippen LogP contribution in [-0.4, -0.2) is 20.9 Å². The Kier molecular flexibility index (Phi) is 10.7. The Labute approximate surface area is 211 Å². The molecule has 0 amide bonds. The Balaban J connectivity index is 2.65. The average Bonchev–Trinajstić information content (AvgIpc) is 2.82. The first-order valence-electron chi connectivity index (χ1n) is 12.0. The molecule has 0 aliphatic carbocycles. The zero-order chi connectivity index (χ0) is 25.4. The Morgan fingerprint density at radius 1 is 1.21 bits per heavy atom. The molecule has 0 radical (unpaired) electrons. The summed E-state index contributed by atoms with van der Waals surface area (Å²) in [4.78, 5) is 21.7. The zero-order valence-electron chi connectivity index (χ0n) is 21.1. The standard InChI is InChI=1S/C27H37ClN3O2P/c1-7-10-18(6)21(25(33)17(5)9-3)13-20(16(4)8-2)19-11-12-29-27(26(19)34)31-22-14-24(28)30-15-23(22)32/h11-17,32H,7-10,34H2,1-6H3,(H,29,30,31)/b20-13+,21-18-. The third-order valence-electron chi connectivity index (χ3n) is 6.26. The van der Waals surface area contributed by atoms with Crippen molar-refractivity contribution < 1.29 is 9.90 Å². The first-order chi connectivity index (χ1) is 16.1. The van der Waals surface area contributed by atoms with Gasteiger partial charge in [-0.3, -0.25) is 4.79 Å². The van der Waals surface area contributed by atoms with E-state index < -0.39 is 0 Å². The summed E-state index contributed by atoms with van der Waals surface area (Å²) in [5.41, 5.74) is 4.46. The number of hydrogen-bond acceptors (Lipinski definition) is 5. The SMILES string of the molecule is CCC/C(C)=C(/C=C(/c1ccnc(Nc2cc(Cl)ncc2O)c1P)C(C)CC)C(=O)C(C)CC. The van der Waals surface area contributed by atoms with E-state index in [-0.39, 0.29) is 28.5 Å². The van der Waals surface area contributed by atoms with E-state index in [1.165, 1.54) is 6.20 Å². The van der Waals surface area contributed by atoms with Crippen LogP contribution in [0.15, 0.2) is 41.7 Å². The van der Waals surface area contributed by atoms with Gasteiger partial charge < -0.3 is 10.4 Å². The van der Waals surface area contributed by atoms with E-state index in [2.05, 4.69) is 65.2 Å². The van der Waals surface area contributed by atoms with Crippen LogP contribution in [-0.2, 0) is 4.79 Å².